The van der Waals surface area contributed by atoms with Crippen LogP contribution in [0.15, 0.2) is 6.20 Å². The van der Waals surface area contributed by atoms with E-state index in [1.807, 2.05) is 6.20 Å². The van der Waals surface area contributed by atoms with Crippen LogP contribution in [0.3, 0.4) is 0 Å². The van der Waals surface area contributed by atoms with E-state index in [9.17, 15) is 0 Å². The minimum atomic E-state index is 0.203. The SMILES string of the molecule is CCCn1nncc1C1CCCC1CNC(C)(C)C. The van der Waals surface area contributed by atoms with Crippen LogP contribution in [-0.4, -0.2) is 27.1 Å². The van der Waals surface area contributed by atoms with E-state index in [1.54, 1.807) is 0 Å². The maximum atomic E-state index is 4.24. The normalized spacial score (nSPS) is 24.0. The van der Waals surface area contributed by atoms with Crippen molar-refractivity contribution >= 4 is 0 Å². The van der Waals surface area contributed by atoms with Crippen molar-refractivity contribution < 1.29 is 0 Å². The van der Waals surface area contributed by atoms with E-state index in [-0.39, 0.29) is 5.54 Å². The first-order valence-electron chi connectivity index (χ1n) is 7.64. The summed E-state index contributed by atoms with van der Waals surface area (Å²) in [4.78, 5) is 0. The van der Waals surface area contributed by atoms with Crippen molar-refractivity contribution in [2.24, 2.45) is 5.92 Å². The second-order valence-corrected chi connectivity index (χ2v) is 6.81. The Bertz CT molecular complexity index is 391. The molecule has 0 amide bonds. The fraction of sp³-hybridized carbons (Fsp3) is 0.867. The summed E-state index contributed by atoms with van der Waals surface area (Å²) in [7, 11) is 0. The molecule has 108 valence electrons. The van der Waals surface area contributed by atoms with Crippen LogP contribution in [0.2, 0.25) is 0 Å². The molecule has 4 nitrogen and oxygen atoms in total. The standard InChI is InChI=1S/C15H28N4/c1-5-9-19-14(11-17-18-19)13-8-6-7-12(13)10-16-15(2,3)4/h11-13,16H,5-10H2,1-4H3. The van der Waals surface area contributed by atoms with Gasteiger partial charge in [0.25, 0.3) is 0 Å². The van der Waals surface area contributed by atoms with Crippen LogP contribution in [0.25, 0.3) is 0 Å². The molecule has 1 fully saturated rings. The van der Waals surface area contributed by atoms with E-state index in [2.05, 4.69) is 48.0 Å². The van der Waals surface area contributed by atoms with Gasteiger partial charge in [0.1, 0.15) is 0 Å². The Kier molecular flexibility index (Phi) is 4.61. The first kappa shape index (κ1) is 14.5. The molecule has 2 unspecified atom stereocenters. The molecular formula is C15H28N4. The minimum absolute atomic E-state index is 0.203. The zero-order valence-corrected chi connectivity index (χ0v) is 12.8. The second-order valence-electron chi connectivity index (χ2n) is 6.81. The average Bonchev–Trinajstić information content (AvgIpc) is 2.93. The summed E-state index contributed by atoms with van der Waals surface area (Å²) in [5.41, 5.74) is 1.55. The monoisotopic (exact) mass is 264 g/mol. The lowest BCUT2D eigenvalue weighted by atomic mass is 9.92. The molecule has 0 aromatic carbocycles. The van der Waals surface area contributed by atoms with Crippen LogP contribution in [-0.2, 0) is 6.54 Å². The smallest absolute Gasteiger partial charge is 0.0728 e. The lowest BCUT2D eigenvalue weighted by Gasteiger charge is -2.26. The number of rotatable bonds is 5. The lowest BCUT2D eigenvalue weighted by molar-refractivity contribution is 0.348. The highest BCUT2D eigenvalue weighted by Crippen LogP contribution is 2.39. The summed E-state index contributed by atoms with van der Waals surface area (Å²) >= 11 is 0. The number of aromatic nitrogens is 3. The van der Waals surface area contributed by atoms with E-state index in [0.29, 0.717) is 5.92 Å². The third-order valence-corrected chi connectivity index (χ3v) is 4.02. The molecule has 19 heavy (non-hydrogen) atoms. The van der Waals surface area contributed by atoms with Crippen LogP contribution < -0.4 is 5.32 Å². The molecule has 1 N–H and O–H groups in total. The molecular weight excluding hydrogens is 236 g/mol. The van der Waals surface area contributed by atoms with Gasteiger partial charge in [0.15, 0.2) is 0 Å². The van der Waals surface area contributed by atoms with Gasteiger partial charge in [-0.05, 0) is 52.5 Å². The average molecular weight is 264 g/mol. The highest BCUT2D eigenvalue weighted by Gasteiger charge is 2.31. The third kappa shape index (κ3) is 3.78. The summed E-state index contributed by atoms with van der Waals surface area (Å²) < 4.78 is 2.11. The van der Waals surface area contributed by atoms with Gasteiger partial charge in [-0.15, -0.1) is 5.10 Å². The molecule has 1 heterocycles. The van der Waals surface area contributed by atoms with Gasteiger partial charge in [-0.25, -0.2) is 4.68 Å². The summed E-state index contributed by atoms with van der Waals surface area (Å²) in [6, 6.07) is 0. The van der Waals surface area contributed by atoms with Gasteiger partial charge in [-0.2, -0.15) is 0 Å². The fourth-order valence-corrected chi connectivity index (χ4v) is 3.05. The summed E-state index contributed by atoms with van der Waals surface area (Å²) in [6.07, 6.45) is 7.04. The molecule has 1 aromatic heterocycles. The predicted octanol–water partition coefficient (Wildman–Crippen LogP) is 2.96. The van der Waals surface area contributed by atoms with Crippen molar-refractivity contribution in [3.8, 4) is 0 Å². The molecule has 2 rings (SSSR count). The quantitative estimate of drug-likeness (QED) is 0.889. The molecule has 0 bridgehead atoms. The summed E-state index contributed by atoms with van der Waals surface area (Å²) in [5, 5.41) is 12.0. The Morgan fingerprint density at radius 3 is 2.84 bits per heavy atom. The molecule has 1 aliphatic carbocycles. The predicted molar refractivity (Wildman–Crippen MR) is 78.2 cm³/mol. The van der Waals surface area contributed by atoms with Gasteiger partial charge in [-0.3, -0.25) is 0 Å². The first-order chi connectivity index (χ1) is 9.01. The summed E-state index contributed by atoms with van der Waals surface area (Å²) in [5.74, 6) is 1.37. The van der Waals surface area contributed by atoms with Crippen LogP contribution in [0, 0.1) is 5.92 Å². The van der Waals surface area contributed by atoms with E-state index in [1.165, 1.54) is 25.0 Å². The molecule has 0 radical (unpaired) electrons. The van der Waals surface area contributed by atoms with Crippen LogP contribution >= 0.6 is 0 Å². The van der Waals surface area contributed by atoms with Crippen molar-refractivity contribution in [1.82, 2.24) is 20.3 Å². The Balaban J connectivity index is 2.03. The molecule has 2 atom stereocenters. The molecule has 1 saturated carbocycles. The first-order valence-corrected chi connectivity index (χ1v) is 7.64. The molecule has 1 aromatic rings. The van der Waals surface area contributed by atoms with E-state index in [4.69, 9.17) is 0 Å². The van der Waals surface area contributed by atoms with Crippen molar-refractivity contribution in [2.45, 2.75) is 71.4 Å². The minimum Gasteiger partial charge on any atom is -0.312 e. The molecule has 0 saturated heterocycles. The van der Waals surface area contributed by atoms with Crippen molar-refractivity contribution in [2.75, 3.05) is 6.54 Å². The van der Waals surface area contributed by atoms with Gasteiger partial charge in [0, 0.05) is 18.0 Å². The topological polar surface area (TPSA) is 42.7 Å². The zero-order valence-electron chi connectivity index (χ0n) is 12.8. The fourth-order valence-electron chi connectivity index (χ4n) is 3.05. The van der Waals surface area contributed by atoms with Crippen LogP contribution in [0.1, 0.15) is 65.0 Å². The van der Waals surface area contributed by atoms with Gasteiger partial charge in [-0.1, -0.05) is 18.6 Å². The molecule has 4 heteroatoms. The second kappa shape index (κ2) is 6.04. The Labute approximate surface area is 117 Å². The number of aryl methyl sites for hydroxylation is 1. The maximum absolute atomic E-state index is 4.24. The highest BCUT2D eigenvalue weighted by molar-refractivity contribution is 5.08. The number of hydrogen-bond acceptors (Lipinski definition) is 3. The van der Waals surface area contributed by atoms with Gasteiger partial charge in [0.2, 0.25) is 0 Å². The van der Waals surface area contributed by atoms with Crippen LogP contribution in [0.5, 0.6) is 0 Å². The Morgan fingerprint density at radius 1 is 1.37 bits per heavy atom. The number of nitrogens with zero attached hydrogens (tertiary/aromatic N) is 3. The number of hydrogen-bond donors (Lipinski definition) is 1. The zero-order chi connectivity index (χ0) is 13.9. The molecule has 1 aliphatic rings. The Hall–Kier alpha value is -0.900. The number of nitrogens with one attached hydrogen (secondary N) is 1. The highest BCUT2D eigenvalue weighted by atomic mass is 15.4. The third-order valence-electron chi connectivity index (χ3n) is 4.02. The van der Waals surface area contributed by atoms with Crippen molar-refractivity contribution in [3.05, 3.63) is 11.9 Å². The lowest BCUT2D eigenvalue weighted by Crippen LogP contribution is -2.39. The van der Waals surface area contributed by atoms with Crippen molar-refractivity contribution in [3.63, 3.8) is 0 Å². The van der Waals surface area contributed by atoms with E-state index in [0.717, 1.165) is 25.4 Å². The molecule has 0 spiro atoms. The van der Waals surface area contributed by atoms with Crippen LogP contribution in [0.4, 0.5) is 0 Å². The van der Waals surface area contributed by atoms with Gasteiger partial charge in [0.05, 0.1) is 11.9 Å². The van der Waals surface area contributed by atoms with Gasteiger partial charge < -0.3 is 5.32 Å². The summed E-state index contributed by atoms with van der Waals surface area (Å²) in [6.45, 7) is 11.0. The van der Waals surface area contributed by atoms with E-state index < -0.39 is 0 Å². The van der Waals surface area contributed by atoms with E-state index >= 15 is 0 Å². The van der Waals surface area contributed by atoms with Gasteiger partial charge >= 0.3 is 0 Å². The van der Waals surface area contributed by atoms with Crippen molar-refractivity contribution in [1.29, 1.82) is 0 Å². The maximum Gasteiger partial charge on any atom is 0.0728 e. The largest absolute Gasteiger partial charge is 0.312 e. The molecule has 0 aliphatic heterocycles. The Morgan fingerprint density at radius 2 is 2.16 bits per heavy atom.